The second-order valence-electron chi connectivity index (χ2n) is 4.97. The van der Waals surface area contributed by atoms with Crippen molar-refractivity contribution in [2.75, 3.05) is 13.6 Å². The van der Waals surface area contributed by atoms with Crippen LogP contribution in [0.2, 0.25) is 0 Å². The Labute approximate surface area is 91.6 Å². The molecule has 1 saturated heterocycles. The number of rotatable bonds is 3. The molecule has 1 aliphatic heterocycles. The number of likely N-dealkylation sites (tertiary alicyclic amines) is 1. The topological polar surface area (TPSA) is 52.6 Å². The van der Waals surface area contributed by atoms with Crippen molar-refractivity contribution < 1.29 is 9.90 Å². The number of hydrogen-bond acceptors (Lipinski definition) is 3. The zero-order valence-corrected chi connectivity index (χ0v) is 10.1. The zero-order valence-electron chi connectivity index (χ0n) is 10.1. The van der Waals surface area contributed by atoms with Crippen LogP contribution in [0.1, 0.15) is 33.6 Å². The molecule has 0 aromatic heterocycles. The third-order valence-corrected chi connectivity index (χ3v) is 3.26. The van der Waals surface area contributed by atoms with Gasteiger partial charge in [-0.05, 0) is 40.7 Å². The van der Waals surface area contributed by atoms with Crippen molar-refractivity contribution in [2.45, 2.75) is 51.2 Å². The van der Waals surface area contributed by atoms with E-state index in [9.17, 15) is 9.90 Å². The van der Waals surface area contributed by atoms with Gasteiger partial charge in [0.25, 0.3) is 0 Å². The smallest absolute Gasteiger partial charge is 0.324 e. The van der Waals surface area contributed by atoms with Crippen LogP contribution in [-0.4, -0.2) is 47.2 Å². The molecule has 4 nitrogen and oxygen atoms in total. The lowest BCUT2D eigenvalue weighted by atomic mass is 9.83. The summed E-state index contributed by atoms with van der Waals surface area (Å²) in [6.45, 7) is 6.91. The van der Waals surface area contributed by atoms with Gasteiger partial charge in [-0.1, -0.05) is 0 Å². The highest BCUT2D eigenvalue weighted by molar-refractivity contribution is 5.79. The molecule has 1 heterocycles. The first-order valence-electron chi connectivity index (χ1n) is 5.59. The van der Waals surface area contributed by atoms with Crippen molar-refractivity contribution in [3.63, 3.8) is 0 Å². The lowest BCUT2D eigenvalue weighted by Gasteiger charge is -2.43. The number of carboxylic acid groups (broad SMARTS) is 1. The maximum Gasteiger partial charge on any atom is 0.324 e. The molecule has 88 valence electrons. The third kappa shape index (κ3) is 2.69. The van der Waals surface area contributed by atoms with Gasteiger partial charge in [0.15, 0.2) is 0 Å². The number of nitrogens with zero attached hydrogens (tertiary/aromatic N) is 1. The molecule has 1 aliphatic rings. The summed E-state index contributed by atoms with van der Waals surface area (Å²) in [6.07, 6.45) is 1.36. The van der Waals surface area contributed by atoms with Crippen LogP contribution in [0, 0.1) is 0 Å². The van der Waals surface area contributed by atoms with E-state index in [1.807, 2.05) is 20.9 Å². The Morgan fingerprint density at radius 1 is 1.60 bits per heavy atom. The van der Waals surface area contributed by atoms with E-state index in [2.05, 4.69) is 17.1 Å². The van der Waals surface area contributed by atoms with Crippen LogP contribution >= 0.6 is 0 Å². The molecule has 0 bridgehead atoms. The Balaban J connectivity index is 2.79. The molecule has 0 aliphatic carbocycles. The minimum Gasteiger partial charge on any atom is -0.480 e. The van der Waals surface area contributed by atoms with Crippen molar-refractivity contribution in [1.82, 2.24) is 10.2 Å². The number of aliphatic carboxylic acids is 1. The van der Waals surface area contributed by atoms with Gasteiger partial charge in [-0.3, -0.25) is 10.1 Å². The molecule has 0 spiro atoms. The molecular weight excluding hydrogens is 192 g/mol. The van der Waals surface area contributed by atoms with E-state index in [1.165, 1.54) is 0 Å². The maximum atomic E-state index is 11.4. The standard InChI is InChI=1S/C11H22N2O2/c1-8(2)12-11(10(14)15)5-6-13(4)9(3)7-11/h8-9,12H,5-7H2,1-4H3,(H,14,15). The molecule has 2 unspecified atom stereocenters. The Bertz CT molecular complexity index is 243. The molecule has 1 fully saturated rings. The molecule has 0 aromatic carbocycles. The van der Waals surface area contributed by atoms with Gasteiger partial charge in [-0.15, -0.1) is 0 Å². The van der Waals surface area contributed by atoms with Crippen LogP contribution in [0.5, 0.6) is 0 Å². The quantitative estimate of drug-likeness (QED) is 0.733. The van der Waals surface area contributed by atoms with E-state index in [0.29, 0.717) is 18.9 Å². The minimum atomic E-state index is -0.722. The van der Waals surface area contributed by atoms with Gasteiger partial charge >= 0.3 is 5.97 Å². The summed E-state index contributed by atoms with van der Waals surface area (Å²) in [4.78, 5) is 13.6. The van der Waals surface area contributed by atoms with Crippen LogP contribution in [0.3, 0.4) is 0 Å². The van der Waals surface area contributed by atoms with E-state index in [1.54, 1.807) is 0 Å². The highest BCUT2D eigenvalue weighted by Crippen LogP contribution is 2.26. The fourth-order valence-corrected chi connectivity index (χ4v) is 2.29. The third-order valence-electron chi connectivity index (χ3n) is 3.26. The lowest BCUT2D eigenvalue weighted by Crippen LogP contribution is -2.61. The molecule has 15 heavy (non-hydrogen) atoms. The summed E-state index contributed by atoms with van der Waals surface area (Å²) >= 11 is 0. The molecule has 0 radical (unpaired) electrons. The normalized spacial score (nSPS) is 33.3. The van der Waals surface area contributed by atoms with Gasteiger partial charge in [0.2, 0.25) is 0 Å². The molecule has 4 heteroatoms. The minimum absolute atomic E-state index is 0.205. The van der Waals surface area contributed by atoms with Crippen LogP contribution in [0.25, 0.3) is 0 Å². The van der Waals surface area contributed by atoms with Gasteiger partial charge in [0, 0.05) is 18.6 Å². The number of nitrogens with one attached hydrogen (secondary N) is 1. The van der Waals surface area contributed by atoms with Crippen LogP contribution in [0.4, 0.5) is 0 Å². The first kappa shape index (κ1) is 12.5. The van der Waals surface area contributed by atoms with Crippen molar-refractivity contribution in [3.05, 3.63) is 0 Å². The Hall–Kier alpha value is -0.610. The Morgan fingerprint density at radius 2 is 2.20 bits per heavy atom. The van der Waals surface area contributed by atoms with Crippen LogP contribution in [0.15, 0.2) is 0 Å². The van der Waals surface area contributed by atoms with E-state index in [-0.39, 0.29) is 6.04 Å². The Kier molecular flexibility index (Phi) is 3.73. The summed E-state index contributed by atoms with van der Waals surface area (Å²) < 4.78 is 0. The second-order valence-corrected chi connectivity index (χ2v) is 4.97. The van der Waals surface area contributed by atoms with E-state index >= 15 is 0 Å². The van der Waals surface area contributed by atoms with Crippen molar-refractivity contribution in [3.8, 4) is 0 Å². The fourth-order valence-electron chi connectivity index (χ4n) is 2.29. The number of hydrogen-bond donors (Lipinski definition) is 2. The molecule has 0 aromatic rings. The Morgan fingerprint density at radius 3 is 2.60 bits per heavy atom. The first-order chi connectivity index (χ1) is 6.87. The van der Waals surface area contributed by atoms with Crippen LogP contribution in [-0.2, 0) is 4.79 Å². The largest absolute Gasteiger partial charge is 0.480 e. The van der Waals surface area contributed by atoms with Crippen molar-refractivity contribution in [2.24, 2.45) is 0 Å². The average molecular weight is 214 g/mol. The summed E-state index contributed by atoms with van der Waals surface area (Å²) in [6, 6.07) is 0.526. The van der Waals surface area contributed by atoms with Gasteiger partial charge in [0.1, 0.15) is 5.54 Å². The summed E-state index contributed by atoms with van der Waals surface area (Å²) in [7, 11) is 2.05. The van der Waals surface area contributed by atoms with Gasteiger partial charge in [-0.2, -0.15) is 0 Å². The number of piperidine rings is 1. The monoisotopic (exact) mass is 214 g/mol. The molecule has 1 rings (SSSR count). The molecule has 0 saturated carbocycles. The molecule has 2 N–H and O–H groups in total. The predicted molar refractivity (Wildman–Crippen MR) is 60.0 cm³/mol. The zero-order chi connectivity index (χ0) is 11.6. The predicted octanol–water partition coefficient (Wildman–Crippen LogP) is 0.922. The highest BCUT2D eigenvalue weighted by Gasteiger charge is 2.43. The van der Waals surface area contributed by atoms with Crippen molar-refractivity contribution in [1.29, 1.82) is 0 Å². The lowest BCUT2D eigenvalue weighted by molar-refractivity contribution is -0.148. The molecule has 2 atom stereocenters. The molecule has 0 amide bonds. The first-order valence-corrected chi connectivity index (χ1v) is 5.59. The van der Waals surface area contributed by atoms with Crippen molar-refractivity contribution >= 4 is 5.97 Å². The van der Waals surface area contributed by atoms with Gasteiger partial charge in [0.05, 0.1) is 0 Å². The molecular formula is C11H22N2O2. The van der Waals surface area contributed by atoms with Crippen LogP contribution < -0.4 is 5.32 Å². The fraction of sp³-hybridized carbons (Fsp3) is 0.909. The summed E-state index contributed by atoms with van der Waals surface area (Å²) in [5, 5.41) is 12.6. The highest BCUT2D eigenvalue weighted by atomic mass is 16.4. The van der Waals surface area contributed by atoms with E-state index in [0.717, 1.165) is 6.54 Å². The van der Waals surface area contributed by atoms with E-state index < -0.39 is 11.5 Å². The maximum absolute atomic E-state index is 11.4. The second kappa shape index (κ2) is 4.49. The number of carboxylic acids is 1. The van der Waals surface area contributed by atoms with Gasteiger partial charge in [-0.25, -0.2) is 0 Å². The van der Waals surface area contributed by atoms with Gasteiger partial charge < -0.3 is 10.0 Å². The average Bonchev–Trinajstić information content (AvgIpc) is 2.10. The summed E-state index contributed by atoms with van der Waals surface area (Å²) in [5.41, 5.74) is -0.722. The summed E-state index contributed by atoms with van der Waals surface area (Å²) in [5.74, 6) is -0.712. The number of carbonyl (C=O) groups is 1. The SMILES string of the molecule is CC(C)NC1(C(=O)O)CCN(C)C(C)C1. The van der Waals surface area contributed by atoms with E-state index in [4.69, 9.17) is 0 Å².